The molecule has 0 aliphatic rings. The average molecular weight is 232 g/mol. The Hall–Kier alpha value is -1.85. The summed E-state index contributed by atoms with van der Waals surface area (Å²) in [5, 5.41) is 0.582. The summed E-state index contributed by atoms with van der Waals surface area (Å²) in [6.45, 7) is 0. The number of hydrogen-bond donors (Lipinski definition) is 0. The first-order valence-electron chi connectivity index (χ1n) is 4.63. The van der Waals surface area contributed by atoms with E-state index in [9.17, 15) is 4.39 Å². The van der Waals surface area contributed by atoms with Crippen molar-refractivity contribution in [3.8, 4) is 11.8 Å². The second-order valence-electron chi connectivity index (χ2n) is 3.12. The van der Waals surface area contributed by atoms with E-state index in [-0.39, 0.29) is 5.82 Å². The Labute approximate surface area is 97.9 Å². The van der Waals surface area contributed by atoms with Crippen molar-refractivity contribution in [3.63, 3.8) is 0 Å². The highest BCUT2D eigenvalue weighted by Crippen LogP contribution is 2.07. The van der Waals surface area contributed by atoms with Gasteiger partial charge in [-0.1, -0.05) is 23.6 Å². The minimum Gasteiger partial charge on any atom is -0.248 e. The molecule has 2 aromatic rings. The van der Waals surface area contributed by atoms with Crippen molar-refractivity contribution in [2.24, 2.45) is 0 Å². The summed E-state index contributed by atoms with van der Waals surface area (Å²) >= 11 is 5.78. The van der Waals surface area contributed by atoms with Crippen LogP contribution in [0.25, 0.3) is 0 Å². The maximum absolute atomic E-state index is 12.9. The van der Waals surface area contributed by atoms with E-state index in [1.807, 2.05) is 0 Å². The van der Waals surface area contributed by atoms with Gasteiger partial charge in [-0.3, -0.25) is 0 Å². The number of benzene rings is 1. The molecule has 1 nitrogen and oxygen atoms in total. The summed E-state index contributed by atoms with van der Waals surface area (Å²) in [6.07, 6.45) is 1.58. The maximum atomic E-state index is 12.9. The third-order valence-electron chi connectivity index (χ3n) is 1.88. The van der Waals surface area contributed by atoms with Gasteiger partial charge in [0.25, 0.3) is 0 Å². The lowest BCUT2D eigenvalue weighted by Gasteiger charge is -1.91. The Morgan fingerprint density at radius 2 is 2.00 bits per heavy atom. The van der Waals surface area contributed by atoms with Crippen LogP contribution in [0.4, 0.5) is 4.39 Å². The molecular formula is C13H7ClFN. The molecule has 0 unspecified atom stereocenters. The van der Waals surface area contributed by atoms with Crippen molar-refractivity contribution in [3.05, 3.63) is 64.7 Å². The number of rotatable bonds is 0. The van der Waals surface area contributed by atoms with Gasteiger partial charge in [0.1, 0.15) is 11.5 Å². The fourth-order valence-corrected chi connectivity index (χ4v) is 1.34. The van der Waals surface area contributed by atoms with Crippen molar-refractivity contribution in [1.29, 1.82) is 0 Å². The quantitative estimate of drug-likeness (QED) is 0.634. The molecule has 3 heteroatoms. The van der Waals surface area contributed by atoms with Crippen LogP contribution in [0, 0.1) is 17.7 Å². The third-order valence-corrected chi connectivity index (χ3v) is 2.12. The zero-order valence-electron chi connectivity index (χ0n) is 8.24. The Bertz CT molecular complexity index is 520. The van der Waals surface area contributed by atoms with Crippen molar-refractivity contribution in [1.82, 2.24) is 4.98 Å². The molecular weight excluding hydrogens is 225 g/mol. The van der Waals surface area contributed by atoms with E-state index < -0.39 is 0 Å². The van der Waals surface area contributed by atoms with Gasteiger partial charge < -0.3 is 0 Å². The fraction of sp³-hybridized carbons (Fsp3) is 0. The third kappa shape index (κ3) is 2.82. The van der Waals surface area contributed by atoms with Crippen molar-refractivity contribution in [2.45, 2.75) is 0 Å². The summed E-state index contributed by atoms with van der Waals surface area (Å²) in [5.41, 5.74) is 1.18. The highest BCUT2D eigenvalue weighted by Gasteiger charge is 1.92. The molecule has 0 aliphatic carbocycles. The topological polar surface area (TPSA) is 12.9 Å². The first-order valence-corrected chi connectivity index (χ1v) is 5.01. The van der Waals surface area contributed by atoms with E-state index in [4.69, 9.17) is 11.6 Å². The summed E-state index contributed by atoms with van der Waals surface area (Å²) in [5.74, 6) is 5.33. The van der Waals surface area contributed by atoms with E-state index in [0.29, 0.717) is 16.3 Å². The van der Waals surface area contributed by atoms with E-state index >= 15 is 0 Å². The van der Waals surface area contributed by atoms with Gasteiger partial charge in [-0.15, -0.1) is 0 Å². The number of aromatic nitrogens is 1. The summed E-state index contributed by atoms with van der Waals surface area (Å²) in [4.78, 5) is 4.03. The van der Waals surface area contributed by atoms with Crippen LogP contribution in [0.1, 0.15) is 11.3 Å². The van der Waals surface area contributed by atoms with E-state index in [1.54, 1.807) is 30.5 Å². The molecule has 1 aromatic heterocycles. The molecule has 0 spiro atoms. The molecule has 0 saturated heterocycles. The van der Waals surface area contributed by atoms with Crippen molar-refractivity contribution >= 4 is 11.6 Å². The smallest absolute Gasteiger partial charge is 0.124 e. The molecule has 2 rings (SSSR count). The Morgan fingerprint density at radius 3 is 2.75 bits per heavy atom. The zero-order chi connectivity index (χ0) is 11.4. The maximum Gasteiger partial charge on any atom is 0.124 e. The van der Waals surface area contributed by atoms with E-state index in [0.717, 1.165) is 0 Å². The van der Waals surface area contributed by atoms with Crippen LogP contribution in [0.2, 0.25) is 5.02 Å². The van der Waals surface area contributed by atoms with Gasteiger partial charge in [-0.2, -0.15) is 0 Å². The van der Waals surface area contributed by atoms with Crippen LogP contribution < -0.4 is 0 Å². The highest BCUT2D eigenvalue weighted by molar-refractivity contribution is 6.30. The van der Waals surface area contributed by atoms with Crippen LogP contribution in [0.3, 0.4) is 0 Å². The van der Waals surface area contributed by atoms with Gasteiger partial charge in [0, 0.05) is 16.8 Å². The van der Waals surface area contributed by atoms with Crippen molar-refractivity contribution < 1.29 is 4.39 Å². The molecule has 0 aliphatic heterocycles. The molecule has 16 heavy (non-hydrogen) atoms. The lowest BCUT2D eigenvalue weighted by atomic mass is 10.2. The molecule has 1 aromatic carbocycles. The molecule has 0 radical (unpaired) electrons. The van der Waals surface area contributed by atoms with Gasteiger partial charge >= 0.3 is 0 Å². The number of pyridine rings is 1. The van der Waals surface area contributed by atoms with E-state index in [2.05, 4.69) is 16.8 Å². The molecule has 78 valence electrons. The van der Waals surface area contributed by atoms with Gasteiger partial charge in [-0.05, 0) is 36.3 Å². The molecule has 0 fully saturated rings. The van der Waals surface area contributed by atoms with Crippen LogP contribution in [-0.4, -0.2) is 4.98 Å². The molecule has 1 heterocycles. The van der Waals surface area contributed by atoms with Gasteiger partial charge in [-0.25, -0.2) is 9.37 Å². The van der Waals surface area contributed by atoms with E-state index in [1.165, 1.54) is 12.1 Å². The predicted molar refractivity (Wildman–Crippen MR) is 61.6 cm³/mol. The average Bonchev–Trinajstić information content (AvgIpc) is 2.27. The normalized spacial score (nSPS) is 9.38. The Balaban J connectivity index is 2.28. The first kappa shape index (κ1) is 10.7. The largest absolute Gasteiger partial charge is 0.248 e. The molecule has 0 saturated carbocycles. The Kier molecular flexibility index (Phi) is 3.19. The van der Waals surface area contributed by atoms with Gasteiger partial charge in [0.05, 0.1) is 0 Å². The lowest BCUT2D eigenvalue weighted by molar-refractivity contribution is 0.627. The first-order chi connectivity index (χ1) is 7.74. The monoisotopic (exact) mass is 231 g/mol. The minimum absolute atomic E-state index is 0.300. The Morgan fingerprint density at radius 1 is 1.12 bits per heavy atom. The number of hydrogen-bond acceptors (Lipinski definition) is 1. The lowest BCUT2D eigenvalue weighted by Crippen LogP contribution is -1.81. The SMILES string of the molecule is Fc1cccc(C#Cc2cc(Cl)ccn2)c1. The fourth-order valence-electron chi connectivity index (χ4n) is 1.18. The summed E-state index contributed by atoms with van der Waals surface area (Å²) in [6, 6.07) is 9.44. The molecule has 0 atom stereocenters. The summed E-state index contributed by atoms with van der Waals surface area (Å²) < 4.78 is 12.9. The predicted octanol–water partition coefficient (Wildman–Crippen LogP) is 3.27. The van der Waals surface area contributed by atoms with Crippen LogP contribution in [-0.2, 0) is 0 Å². The van der Waals surface area contributed by atoms with Crippen molar-refractivity contribution in [2.75, 3.05) is 0 Å². The molecule has 0 amide bonds. The minimum atomic E-state index is -0.300. The highest BCUT2D eigenvalue weighted by atomic mass is 35.5. The van der Waals surface area contributed by atoms with Gasteiger partial charge in [0.15, 0.2) is 0 Å². The molecule has 0 N–H and O–H groups in total. The van der Waals surface area contributed by atoms with Crippen LogP contribution in [0.5, 0.6) is 0 Å². The van der Waals surface area contributed by atoms with Gasteiger partial charge in [0.2, 0.25) is 0 Å². The van der Waals surface area contributed by atoms with Crippen LogP contribution in [0.15, 0.2) is 42.6 Å². The standard InChI is InChI=1S/C13H7ClFN/c14-11-6-7-16-13(9-11)5-4-10-2-1-3-12(15)8-10/h1-3,6-9H. The zero-order valence-corrected chi connectivity index (χ0v) is 9.00. The second-order valence-corrected chi connectivity index (χ2v) is 3.56. The summed E-state index contributed by atoms with van der Waals surface area (Å²) in [7, 11) is 0. The molecule has 0 bridgehead atoms. The van der Waals surface area contributed by atoms with Crippen LogP contribution >= 0.6 is 11.6 Å². The number of halogens is 2. The number of nitrogens with zero attached hydrogens (tertiary/aromatic N) is 1. The second kappa shape index (κ2) is 4.78.